The van der Waals surface area contributed by atoms with Crippen LogP contribution in [-0.2, 0) is 16.0 Å². The molecule has 0 saturated heterocycles. The zero-order valence-corrected chi connectivity index (χ0v) is 9.85. The van der Waals surface area contributed by atoms with Crippen LogP contribution in [0.1, 0.15) is 12.0 Å². The van der Waals surface area contributed by atoms with Gasteiger partial charge in [-0.1, -0.05) is 23.7 Å². The molecule has 1 aromatic rings. The Hall–Kier alpha value is -1.55. The zero-order valence-electron chi connectivity index (χ0n) is 9.10. The maximum atomic E-state index is 10.5. The molecule has 1 unspecified atom stereocenters. The van der Waals surface area contributed by atoms with Crippen LogP contribution >= 0.6 is 11.6 Å². The molecule has 0 aliphatic carbocycles. The molecule has 1 atom stereocenters. The number of benzene rings is 1. The summed E-state index contributed by atoms with van der Waals surface area (Å²) < 4.78 is 5.44. The number of carboxylic acids is 1. The number of rotatable bonds is 4. The largest absolute Gasteiger partial charge is 0.481 e. The van der Waals surface area contributed by atoms with Gasteiger partial charge in [0.2, 0.25) is 0 Å². The lowest BCUT2D eigenvalue weighted by Gasteiger charge is -2.10. The maximum Gasteiger partial charge on any atom is 0.312 e. The van der Waals surface area contributed by atoms with Gasteiger partial charge in [0.25, 0.3) is 0 Å². The van der Waals surface area contributed by atoms with Gasteiger partial charge in [-0.2, -0.15) is 0 Å². The van der Waals surface area contributed by atoms with Crippen molar-refractivity contribution in [3.8, 4) is 0 Å². The molecule has 1 heterocycles. The monoisotopic (exact) mass is 253 g/mol. The number of carboxylic acid groups (broad SMARTS) is 1. The summed E-state index contributed by atoms with van der Waals surface area (Å²) in [5, 5.41) is 9.30. The van der Waals surface area contributed by atoms with Gasteiger partial charge in [-0.25, -0.2) is 0 Å². The predicted octanol–water partition coefficient (Wildman–Crippen LogP) is 2.15. The summed E-state index contributed by atoms with van der Waals surface area (Å²) in [5.41, 5.74) is 1.10. The molecule has 0 amide bonds. The van der Waals surface area contributed by atoms with Crippen LogP contribution in [0.5, 0.6) is 0 Å². The first kappa shape index (κ1) is 11.9. The third-order valence-corrected chi connectivity index (χ3v) is 2.71. The molecule has 0 saturated carbocycles. The van der Waals surface area contributed by atoms with E-state index in [1.54, 1.807) is 0 Å². The Bertz CT molecular complexity index is 442. The van der Waals surface area contributed by atoms with Crippen LogP contribution < -0.4 is 0 Å². The number of ether oxygens (including phenoxy) is 1. The summed E-state index contributed by atoms with van der Waals surface area (Å²) in [6.45, 7) is 0.519. The lowest BCUT2D eigenvalue weighted by Crippen LogP contribution is -2.17. The van der Waals surface area contributed by atoms with Crippen LogP contribution in [0.25, 0.3) is 0 Å². The van der Waals surface area contributed by atoms with Crippen LogP contribution in [0.3, 0.4) is 0 Å². The molecule has 0 spiro atoms. The van der Waals surface area contributed by atoms with E-state index in [4.69, 9.17) is 21.4 Å². The Kier molecular flexibility index (Phi) is 3.64. The number of hydrogen-bond donors (Lipinski definition) is 1. The molecule has 2 rings (SSSR count). The molecule has 0 fully saturated rings. The summed E-state index contributed by atoms with van der Waals surface area (Å²) in [7, 11) is 0. The van der Waals surface area contributed by atoms with Gasteiger partial charge in [-0.15, -0.1) is 0 Å². The lowest BCUT2D eigenvalue weighted by atomic mass is 10.1. The van der Waals surface area contributed by atoms with Crippen LogP contribution in [0.15, 0.2) is 29.3 Å². The van der Waals surface area contributed by atoms with E-state index in [1.165, 1.54) is 0 Å². The minimum absolute atomic E-state index is 0.0643. The van der Waals surface area contributed by atoms with Gasteiger partial charge < -0.3 is 9.84 Å². The van der Waals surface area contributed by atoms with Gasteiger partial charge in [-0.3, -0.25) is 9.79 Å². The Morgan fingerprint density at radius 1 is 1.47 bits per heavy atom. The Labute approximate surface area is 104 Å². The second-order valence-electron chi connectivity index (χ2n) is 3.88. The van der Waals surface area contributed by atoms with E-state index in [0.29, 0.717) is 23.9 Å². The molecule has 5 heteroatoms. The van der Waals surface area contributed by atoms with Crippen molar-refractivity contribution in [3.63, 3.8) is 0 Å². The minimum Gasteiger partial charge on any atom is -0.481 e. The molecular weight excluding hydrogens is 242 g/mol. The lowest BCUT2D eigenvalue weighted by molar-refractivity contribution is -0.135. The average Bonchev–Trinajstić information content (AvgIpc) is 2.68. The molecule has 1 aliphatic heterocycles. The van der Waals surface area contributed by atoms with Crippen molar-refractivity contribution < 1.29 is 14.6 Å². The quantitative estimate of drug-likeness (QED) is 0.895. The standard InChI is InChI=1S/C12H12ClNO3/c13-9-3-1-8(2-4-9)5-10-7-14-11(17-10)6-12(15)16/h1-4,10H,5-7H2,(H,15,16). The molecule has 1 aromatic carbocycles. The maximum absolute atomic E-state index is 10.5. The van der Waals surface area contributed by atoms with E-state index in [9.17, 15) is 4.79 Å². The van der Waals surface area contributed by atoms with Crippen LogP contribution in [0, 0.1) is 0 Å². The summed E-state index contributed by atoms with van der Waals surface area (Å²) in [5.74, 6) is -0.604. The van der Waals surface area contributed by atoms with Gasteiger partial charge >= 0.3 is 5.97 Å². The van der Waals surface area contributed by atoms with Crippen molar-refractivity contribution in [1.82, 2.24) is 0 Å². The first-order chi connectivity index (χ1) is 8.13. The summed E-state index contributed by atoms with van der Waals surface area (Å²) in [6, 6.07) is 7.51. The van der Waals surface area contributed by atoms with Crippen LogP contribution in [0.2, 0.25) is 5.02 Å². The highest BCUT2D eigenvalue weighted by atomic mass is 35.5. The van der Waals surface area contributed by atoms with Crippen molar-refractivity contribution >= 4 is 23.5 Å². The van der Waals surface area contributed by atoms with E-state index < -0.39 is 5.97 Å². The average molecular weight is 254 g/mol. The highest BCUT2D eigenvalue weighted by molar-refractivity contribution is 6.30. The summed E-state index contributed by atoms with van der Waals surface area (Å²) in [6.07, 6.45) is 0.506. The molecule has 0 aromatic heterocycles. The van der Waals surface area contributed by atoms with Crippen LogP contribution in [-0.4, -0.2) is 29.6 Å². The molecule has 1 aliphatic rings. The van der Waals surface area contributed by atoms with Gasteiger partial charge in [0.1, 0.15) is 12.5 Å². The molecular formula is C12H12ClNO3. The van der Waals surface area contributed by atoms with Crippen molar-refractivity contribution in [2.75, 3.05) is 6.54 Å². The van der Waals surface area contributed by atoms with E-state index in [2.05, 4.69) is 4.99 Å². The molecule has 4 nitrogen and oxygen atoms in total. The zero-order chi connectivity index (χ0) is 12.3. The Morgan fingerprint density at radius 3 is 2.82 bits per heavy atom. The number of carbonyl (C=O) groups is 1. The second kappa shape index (κ2) is 5.19. The Balaban J connectivity index is 1.87. The van der Waals surface area contributed by atoms with Gasteiger partial charge in [0, 0.05) is 11.4 Å². The van der Waals surface area contributed by atoms with Gasteiger partial charge in [0.15, 0.2) is 5.90 Å². The van der Waals surface area contributed by atoms with Crippen molar-refractivity contribution in [2.24, 2.45) is 4.99 Å². The van der Waals surface area contributed by atoms with E-state index >= 15 is 0 Å². The normalized spacial score (nSPS) is 18.6. The first-order valence-corrected chi connectivity index (χ1v) is 5.67. The molecule has 1 N–H and O–H groups in total. The van der Waals surface area contributed by atoms with E-state index in [0.717, 1.165) is 5.56 Å². The third kappa shape index (κ3) is 3.46. The fourth-order valence-electron chi connectivity index (χ4n) is 1.69. The highest BCUT2D eigenvalue weighted by Gasteiger charge is 2.21. The van der Waals surface area contributed by atoms with Crippen LogP contribution in [0.4, 0.5) is 0 Å². The number of aliphatic carboxylic acids is 1. The van der Waals surface area contributed by atoms with E-state index in [1.807, 2.05) is 24.3 Å². The van der Waals surface area contributed by atoms with Gasteiger partial charge in [0.05, 0.1) is 6.54 Å². The second-order valence-corrected chi connectivity index (χ2v) is 4.31. The Morgan fingerprint density at radius 2 is 2.18 bits per heavy atom. The predicted molar refractivity (Wildman–Crippen MR) is 64.6 cm³/mol. The summed E-state index contributed by atoms with van der Waals surface area (Å²) in [4.78, 5) is 14.5. The SMILES string of the molecule is O=C(O)CC1=NCC(Cc2ccc(Cl)cc2)O1. The number of halogens is 1. The van der Waals surface area contributed by atoms with Crippen molar-refractivity contribution in [2.45, 2.75) is 18.9 Å². The fourth-order valence-corrected chi connectivity index (χ4v) is 1.81. The molecule has 0 bridgehead atoms. The van der Waals surface area contributed by atoms with E-state index in [-0.39, 0.29) is 12.5 Å². The molecule has 90 valence electrons. The van der Waals surface area contributed by atoms with Gasteiger partial charge in [-0.05, 0) is 17.7 Å². The molecule has 0 radical (unpaired) electrons. The first-order valence-electron chi connectivity index (χ1n) is 5.29. The summed E-state index contributed by atoms with van der Waals surface area (Å²) >= 11 is 5.79. The molecule has 17 heavy (non-hydrogen) atoms. The van der Waals surface area contributed by atoms with Crippen molar-refractivity contribution in [1.29, 1.82) is 0 Å². The number of hydrogen-bond acceptors (Lipinski definition) is 3. The third-order valence-electron chi connectivity index (χ3n) is 2.45. The minimum atomic E-state index is -0.920. The fraction of sp³-hybridized carbons (Fsp3) is 0.333. The number of aliphatic imine (C=N–C) groups is 1. The smallest absolute Gasteiger partial charge is 0.312 e. The topological polar surface area (TPSA) is 58.9 Å². The van der Waals surface area contributed by atoms with Crippen molar-refractivity contribution in [3.05, 3.63) is 34.9 Å². The number of nitrogens with zero attached hydrogens (tertiary/aromatic N) is 1. The highest BCUT2D eigenvalue weighted by Crippen LogP contribution is 2.15.